The number of benzene rings is 1. The van der Waals surface area contributed by atoms with Crippen LogP contribution < -0.4 is 4.90 Å². The number of aromatic nitrogens is 3. The van der Waals surface area contributed by atoms with Crippen molar-refractivity contribution in [2.75, 3.05) is 28.7 Å². The Morgan fingerprint density at radius 1 is 1.38 bits per heavy atom. The summed E-state index contributed by atoms with van der Waals surface area (Å²) in [6, 6.07) is 5.78. The summed E-state index contributed by atoms with van der Waals surface area (Å²) in [5.41, 5.74) is 0.629. The number of amides is 1. The van der Waals surface area contributed by atoms with E-state index in [-0.39, 0.29) is 34.9 Å². The van der Waals surface area contributed by atoms with Crippen LogP contribution in [-0.4, -0.2) is 52.9 Å². The molecule has 10 heteroatoms. The molecule has 0 saturated carbocycles. The topological polar surface area (TPSA) is 85.2 Å². The maximum atomic E-state index is 13.1. The highest BCUT2D eigenvalue weighted by Gasteiger charge is 2.33. The van der Waals surface area contributed by atoms with Crippen LogP contribution in [0.25, 0.3) is 0 Å². The van der Waals surface area contributed by atoms with Crippen molar-refractivity contribution in [2.45, 2.75) is 31.0 Å². The smallest absolute Gasteiger partial charge is 0.237 e. The van der Waals surface area contributed by atoms with Crippen LogP contribution in [0.4, 0.5) is 10.1 Å². The summed E-state index contributed by atoms with van der Waals surface area (Å²) >= 11 is 1.24. The van der Waals surface area contributed by atoms with E-state index in [0.717, 1.165) is 0 Å². The summed E-state index contributed by atoms with van der Waals surface area (Å²) in [5.74, 6) is 0.287. The Morgan fingerprint density at radius 2 is 2.10 bits per heavy atom. The van der Waals surface area contributed by atoms with Crippen molar-refractivity contribution in [2.24, 2.45) is 0 Å². The minimum Gasteiger partial charge on any atom is -0.312 e. The minimum atomic E-state index is -3.04. The molecule has 0 spiro atoms. The Bertz CT molecular complexity index is 989. The van der Waals surface area contributed by atoms with Crippen molar-refractivity contribution in [1.82, 2.24) is 14.8 Å². The SMILES string of the molecule is C=CCn1c(SCC(=O)N(CC)c2ccc(F)cc2)nnc1C1CCS(=O)(=O)C1. The summed E-state index contributed by atoms with van der Waals surface area (Å²) in [6.07, 6.45) is 2.22. The Morgan fingerprint density at radius 3 is 2.69 bits per heavy atom. The van der Waals surface area contributed by atoms with Crippen molar-refractivity contribution in [3.63, 3.8) is 0 Å². The summed E-state index contributed by atoms with van der Waals surface area (Å²) in [5, 5.41) is 8.94. The molecular formula is C19H23FN4O3S2. The van der Waals surface area contributed by atoms with Gasteiger partial charge in [0.05, 0.1) is 17.3 Å². The van der Waals surface area contributed by atoms with E-state index in [2.05, 4.69) is 16.8 Å². The fraction of sp³-hybridized carbons (Fsp3) is 0.421. The zero-order valence-electron chi connectivity index (χ0n) is 16.1. The van der Waals surface area contributed by atoms with Crippen molar-refractivity contribution < 1.29 is 17.6 Å². The molecule has 0 aliphatic carbocycles. The highest BCUT2D eigenvalue weighted by atomic mass is 32.2. The molecule has 1 unspecified atom stereocenters. The number of sulfone groups is 1. The first-order valence-electron chi connectivity index (χ1n) is 9.27. The molecule has 0 radical (unpaired) electrons. The lowest BCUT2D eigenvalue weighted by molar-refractivity contribution is -0.116. The number of allylic oxidation sites excluding steroid dienone is 1. The van der Waals surface area contributed by atoms with Gasteiger partial charge in [-0.3, -0.25) is 4.79 Å². The van der Waals surface area contributed by atoms with Gasteiger partial charge >= 0.3 is 0 Å². The maximum Gasteiger partial charge on any atom is 0.237 e. The van der Waals surface area contributed by atoms with E-state index in [0.29, 0.717) is 36.2 Å². The minimum absolute atomic E-state index is 0.0695. The van der Waals surface area contributed by atoms with Gasteiger partial charge in [0.1, 0.15) is 11.6 Å². The largest absolute Gasteiger partial charge is 0.312 e. The number of thioether (sulfide) groups is 1. The number of nitrogens with zero attached hydrogens (tertiary/aromatic N) is 4. The molecule has 3 rings (SSSR count). The molecular weight excluding hydrogens is 415 g/mol. The van der Waals surface area contributed by atoms with Gasteiger partial charge in [0.25, 0.3) is 0 Å². The molecule has 1 aliphatic rings. The second kappa shape index (κ2) is 9.08. The van der Waals surface area contributed by atoms with Crippen LogP contribution in [0, 0.1) is 5.82 Å². The third-order valence-corrected chi connectivity index (χ3v) is 7.45. The third kappa shape index (κ3) is 5.05. The summed E-state index contributed by atoms with van der Waals surface area (Å²) in [4.78, 5) is 14.3. The van der Waals surface area contributed by atoms with Gasteiger partial charge in [0.15, 0.2) is 15.0 Å². The fourth-order valence-electron chi connectivity index (χ4n) is 3.34. The molecule has 1 aromatic carbocycles. The standard InChI is InChI=1S/C19H23FN4O3S2/c1-3-10-24-18(14-9-11-29(26,27)13-14)21-22-19(24)28-12-17(25)23(4-2)16-7-5-15(20)6-8-16/h3,5-8,14H,1,4,9-13H2,2H3. The highest BCUT2D eigenvalue weighted by Crippen LogP contribution is 2.30. The van der Waals surface area contributed by atoms with Crippen molar-refractivity contribution >= 4 is 33.2 Å². The van der Waals surface area contributed by atoms with Crippen LogP contribution in [0.5, 0.6) is 0 Å². The highest BCUT2D eigenvalue weighted by molar-refractivity contribution is 7.99. The summed E-state index contributed by atoms with van der Waals surface area (Å²) in [7, 11) is -3.04. The molecule has 29 heavy (non-hydrogen) atoms. The third-order valence-electron chi connectivity index (χ3n) is 4.74. The van der Waals surface area contributed by atoms with Crippen LogP contribution in [0.1, 0.15) is 25.1 Å². The monoisotopic (exact) mass is 438 g/mol. The normalized spacial score (nSPS) is 17.9. The zero-order valence-corrected chi connectivity index (χ0v) is 17.8. The Labute approximate surface area is 173 Å². The number of hydrogen-bond acceptors (Lipinski definition) is 6. The molecule has 2 heterocycles. The summed E-state index contributed by atoms with van der Waals surface area (Å²) < 4.78 is 38.6. The van der Waals surface area contributed by atoms with Gasteiger partial charge < -0.3 is 9.47 Å². The van der Waals surface area contributed by atoms with Gasteiger partial charge in [0, 0.05) is 24.7 Å². The van der Waals surface area contributed by atoms with Crippen LogP contribution >= 0.6 is 11.8 Å². The number of carbonyl (C=O) groups excluding carboxylic acids is 1. The molecule has 0 bridgehead atoms. The second-order valence-corrected chi connectivity index (χ2v) is 9.91. The average Bonchev–Trinajstić information content (AvgIpc) is 3.25. The predicted octanol–water partition coefficient (Wildman–Crippen LogP) is 2.65. The first kappa shape index (κ1) is 21.5. The maximum absolute atomic E-state index is 13.1. The lowest BCUT2D eigenvalue weighted by atomic mass is 10.1. The number of halogens is 1. The van der Waals surface area contributed by atoms with Crippen molar-refractivity contribution in [3.8, 4) is 0 Å². The lowest BCUT2D eigenvalue weighted by Crippen LogP contribution is -2.32. The molecule has 1 atom stereocenters. The summed E-state index contributed by atoms with van der Waals surface area (Å²) in [6.45, 7) is 6.49. The number of carbonyl (C=O) groups is 1. The number of rotatable bonds is 8. The van der Waals surface area contributed by atoms with E-state index in [9.17, 15) is 17.6 Å². The van der Waals surface area contributed by atoms with Crippen LogP contribution in [0.3, 0.4) is 0 Å². The average molecular weight is 439 g/mol. The Balaban J connectivity index is 1.73. The molecule has 1 saturated heterocycles. The molecule has 1 fully saturated rings. The molecule has 1 aliphatic heterocycles. The lowest BCUT2D eigenvalue weighted by Gasteiger charge is -2.21. The molecule has 2 aromatic rings. The van der Waals surface area contributed by atoms with Gasteiger partial charge in [-0.15, -0.1) is 16.8 Å². The Kier molecular flexibility index (Phi) is 6.74. The van der Waals surface area contributed by atoms with E-state index in [1.807, 2.05) is 11.5 Å². The predicted molar refractivity (Wildman–Crippen MR) is 111 cm³/mol. The van der Waals surface area contributed by atoms with Crippen LogP contribution in [-0.2, 0) is 21.2 Å². The van der Waals surface area contributed by atoms with Gasteiger partial charge in [0.2, 0.25) is 5.91 Å². The van der Waals surface area contributed by atoms with E-state index in [4.69, 9.17) is 0 Å². The van der Waals surface area contributed by atoms with Crippen molar-refractivity contribution in [3.05, 3.63) is 48.6 Å². The molecule has 1 amide bonds. The fourth-order valence-corrected chi connectivity index (χ4v) is 5.91. The Hall–Kier alpha value is -2.20. The van der Waals surface area contributed by atoms with E-state index in [1.54, 1.807) is 23.1 Å². The van der Waals surface area contributed by atoms with Gasteiger partial charge in [-0.2, -0.15) is 0 Å². The number of anilines is 1. The van der Waals surface area contributed by atoms with Gasteiger partial charge in [-0.05, 0) is 37.6 Å². The second-order valence-electron chi connectivity index (χ2n) is 6.74. The molecule has 7 nitrogen and oxygen atoms in total. The molecule has 1 aromatic heterocycles. The van der Waals surface area contributed by atoms with Gasteiger partial charge in [-0.1, -0.05) is 17.8 Å². The number of hydrogen-bond donors (Lipinski definition) is 0. The quantitative estimate of drug-likeness (QED) is 0.465. The van der Waals surface area contributed by atoms with Crippen molar-refractivity contribution in [1.29, 1.82) is 0 Å². The first-order chi connectivity index (χ1) is 13.8. The molecule has 0 N–H and O–H groups in total. The zero-order chi connectivity index (χ0) is 21.0. The van der Waals surface area contributed by atoms with Crippen LogP contribution in [0.2, 0.25) is 0 Å². The molecule has 156 valence electrons. The van der Waals surface area contributed by atoms with E-state index >= 15 is 0 Å². The van der Waals surface area contributed by atoms with Gasteiger partial charge in [-0.25, -0.2) is 12.8 Å². The van der Waals surface area contributed by atoms with E-state index in [1.165, 1.54) is 23.9 Å². The first-order valence-corrected chi connectivity index (χ1v) is 12.1. The van der Waals surface area contributed by atoms with Crippen LogP contribution in [0.15, 0.2) is 42.1 Å². The van der Waals surface area contributed by atoms with E-state index < -0.39 is 9.84 Å².